The number of hydrogen-bond donors (Lipinski definition) is 1. The van der Waals surface area contributed by atoms with Crippen molar-refractivity contribution in [2.75, 3.05) is 13.1 Å². The molecule has 0 aliphatic carbocycles. The van der Waals surface area contributed by atoms with E-state index in [2.05, 4.69) is 18.5 Å². The monoisotopic (exact) mass is 304 g/mol. The molecule has 1 rings (SSSR count). The van der Waals surface area contributed by atoms with Gasteiger partial charge in [0.2, 0.25) is 11.8 Å². The van der Waals surface area contributed by atoms with Crippen LogP contribution in [0.1, 0.15) is 11.8 Å². The van der Waals surface area contributed by atoms with Gasteiger partial charge in [-0.1, -0.05) is 18.2 Å². The Bertz CT molecular complexity index is 510. The van der Waals surface area contributed by atoms with Crippen LogP contribution < -0.4 is 5.32 Å². The Labute approximate surface area is 129 Å². The lowest BCUT2D eigenvalue weighted by Crippen LogP contribution is -2.46. The highest BCUT2D eigenvalue weighted by Crippen LogP contribution is 2.09. The summed E-state index contributed by atoms with van der Waals surface area (Å²) in [6.45, 7) is 9.75. The summed E-state index contributed by atoms with van der Waals surface area (Å²) in [5, 5.41) is 4.60. The molecule has 1 atom stereocenters. The van der Waals surface area contributed by atoms with E-state index in [4.69, 9.17) is 0 Å². The predicted octanol–water partition coefficient (Wildman–Crippen LogP) is 2.47. The molecule has 0 spiro atoms. The second kappa shape index (κ2) is 8.92. The van der Waals surface area contributed by atoms with Gasteiger partial charge in [0.05, 0.1) is 0 Å². The summed E-state index contributed by atoms with van der Waals surface area (Å²) in [6, 6.07) is 3.24. The van der Waals surface area contributed by atoms with E-state index >= 15 is 0 Å². The van der Waals surface area contributed by atoms with Crippen LogP contribution in [0.25, 0.3) is 6.08 Å². The van der Waals surface area contributed by atoms with Crippen LogP contribution in [0.3, 0.4) is 0 Å². The molecule has 0 aromatic carbocycles. The fraction of sp³-hybridized carbons (Fsp3) is 0.250. The van der Waals surface area contributed by atoms with Crippen molar-refractivity contribution in [3.8, 4) is 0 Å². The first kappa shape index (κ1) is 16.9. The molecule has 1 heterocycles. The average Bonchev–Trinajstić information content (AvgIpc) is 2.97. The summed E-state index contributed by atoms with van der Waals surface area (Å²) in [6.07, 6.45) is 6.45. The van der Waals surface area contributed by atoms with E-state index in [9.17, 15) is 9.59 Å². The zero-order chi connectivity index (χ0) is 15.7. The number of nitrogens with zero attached hydrogens (tertiary/aromatic N) is 1. The zero-order valence-electron chi connectivity index (χ0n) is 12.1. The number of carbonyl (C=O) groups is 2. The molecule has 0 saturated heterocycles. The predicted molar refractivity (Wildman–Crippen MR) is 87.9 cm³/mol. The lowest BCUT2D eigenvalue weighted by molar-refractivity contribution is -0.134. The molecular formula is C16H20N2O2S. The topological polar surface area (TPSA) is 49.4 Å². The van der Waals surface area contributed by atoms with Gasteiger partial charge in [0, 0.05) is 24.0 Å². The highest BCUT2D eigenvalue weighted by molar-refractivity contribution is 7.10. The molecular weight excluding hydrogens is 284 g/mol. The van der Waals surface area contributed by atoms with Gasteiger partial charge >= 0.3 is 0 Å². The van der Waals surface area contributed by atoms with Crippen molar-refractivity contribution in [1.82, 2.24) is 10.2 Å². The van der Waals surface area contributed by atoms with E-state index in [1.807, 2.05) is 17.5 Å². The van der Waals surface area contributed by atoms with Crippen molar-refractivity contribution in [3.05, 3.63) is 53.8 Å². The second-order valence-corrected chi connectivity index (χ2v) is 5.38. The SMILES string of the molecule is C=CCN(CC=C)C(=O)C(C)NC(=O)/C=C/c1cccs1. The maximum atomic E-state index is 12.2. The summed E-state index contributed by atoms with van der Waals surface area (Å²) in [4.78, 5) is 26.5. The van der Waals surface area contributed by atoms with Gasteiger partial charge < -0.3 is 10.2 Å². The molecule has 4 nitrogen and oxygen atoms in total. The Balaban J connectivity index is 2.55. The fourth-order valence-corrected chi connectivity index (χ4v) is 2.33. The molecule has 0 aliphatic heterocycles. The maximum Gasteiger partial charge on any atom is 0.245 e. The molecule has 1 unspecified atom stereocenters. The lowest BCUT2D eigenvalue weighted by atomic mass is 10.2. The summed E-state index contributed by atoms with van der Waals surface area (Å²) in [5.41, 5.74) is 0. The third-order valence-electron chi connectivity index (χ3n) is 2.68. The van der Waals surface area contributed by atoms with Gasteiger partial charge in [-0.2, -0.15) is 0 Å². The van der Waals surface area contributed by atoms with E-state index in [1.54, 1.807) is 41.4 Å². The van der Waals surface area contributed by atoms with Crippen LogP contribution in [-0.2, 0) is 9.59 Å². The minimum absolute atomic E-state index is 0.160. The smallest absolute Gasteiger partial charge is 0.245 e. The van der Waals surface area contributed by atoms with Crippen LogP contribution >= 0.6 is 11.3 Å². The van der Waals surface area contributed by atoms with Crippen molar-refractivity contribution in [1.29, 1.82) is 0 Å². The normalized spacial score (nSPS) is 11.9. The lowest BCUT2D eigenvalue weighted by Gasteiger charge is -2.23. The van der Waals surface area contributed by atoms with Crippen LogP contribution in [0.4, 0.5) is 0 Å². The highest BCUT2D eigenvalue weighted by Gasteiger charge is 2.19. The average molecular weight is 304 g/mol. The molecule has 0 aliphatic rings. The molecule has 2 amide bonds. The molecule has 112 valence electrons. The molecule has 5 heteroatoms. The van der Waals surface area contributed by atoms with Crippen molar-refractivity contribution < 1.29 is 9.59 Å². The quantitative estimate of drug-likeness (QED) is 0.592. The molecule has 1 aromatic heterocycles. The number of carbonyl (C=O) groups excluding carboxylic acids is 2. The third-order valence-corrected chi connectivity index (χ3v) is 3.52. The first-order valence-corrected chi connectivity index (χ1v) is 7.49. The van der Waals surface area contributed by atoms with Crippen molar-refractivity contribution in [2.45, 2.75) is 13.0 Å². The van der Waals surface area contributed by atoms with Gasteiger partial charge in [-0.25, -0.2) is 0 Å². The summed E-state index contributed by atoms with van der Waals surface area (Å²) in [7, 11) is 0. The molecule has 1 aromatic rings. The summed E-state index contributed by atoms with van der Waals surface area (Å²) in [5.74, 6) is -0.450. The standard InChI is InChI=1S/C16H20N2O2S/c1-4-10-18(11-5-2)16(20)13(3)17-15(19)9-8-14-7-6-12-21-14/h4-9,12-13H,1-2,10-11H2,3H3,(H,17,19)/b9-8+. The van der Waals surface area contributed by atoms with Crippen molar-refractivity contribution in [2.24, 2.45) is 0 Å². The Kier molecular flexibility index (Phi) is 7.18. The van der Waals surface area contributed by atoms with Gasteiger partial charge in [-0.3, -0.25) is 9.59 Å². The van der Waals surface area contributed by atoms with Gasteiger partial charge in [0.15, 0.2) is 0 Å². The largest absolute Gasteiger partial charge is 0.341 e. The van der Waals surface area contributed by atoms with E-state index in [-0.39, 0.29) is 11.8 Å². The summed E-state index contributed by atoms with van der Waals surface area (Å²) >= 11 is 1.54. The van der Waals surface area contributed by atoms with Gasteiger partial charge in [-0.15, -0.1) is 24.5 Å². The number of amides is 2. The molecule has 21 heavy (non-hydrogen) atoms. The number of rotatable bonds is 8. The van der Waals surface area contributed by atoms with E-state index in [0.29, 0.717) is 13.1 Å². The number of thiophene rings is 1. The van der Waals surface area contributed by atoms with E-state index in [1.165, 1.54) is 6.08 Å². The van der Waals surface area contributed by atoms with Gasteiger partial charge in [0.25, 0.3) is 0 Å². The minimum atomic E-state index is -0.592. The third kappa shape index (κ3) is 5.79. The molecule has 1 N–H and O–H groups in total. The van der Waals surface area contributed by atoms with Crippen molar-refractivity contribution in [3.63, 3.8) is 0 Å². The second-order valence-electron chi connectivity index (χ2n) is 4.40. The fourth-order valence-electron chi connectivity index (χ4n) is 1.71. The Morgan fingerprint density at radius 3 is 2.57 bits per heavy atom. The number of hydrogen-bond acceptors (Lipinski definition) is 3. The van der Waals surface area contributed by atoms with Crippen LogP contribution in [0, 0.1) is 0 Å². The highest BCUT2D eigenvalue weighted by atomic mass is 32.1. The molecule has 0 fully saturated rings. The minimum Gasteiger partial charge on any atom is -0.341 e. The molecule has 0 saturated carbocycles. The van der Waals surface area contributed by atoms with E-state index in [0.717, 1.165) is 4.88 Å². The first-order valence-electron chi connectivity index (χ1n) is 6.61. The summed E-state index contributed by atoms with van der Waals surface area (Å²) < 4.78 is 0. The zero-order valence-corrected chi connectivity index (χ0v) is 12.9. The van der Waals surface area contributed by atoms with Crippen LogP contribution in [0.2, 0.25) is 0 Å². The first-order chi connectivity index (χ1) is 10.1. The Hall–Kier alpha value is -2.14. The molecule has 0 radical (unpaired) electrons. The van der Waals surface area contributed by atoms with Crippen LogP contribution in [0.5, 0.6) is 0 Å². The van der Waals surface area contributed by atoms with Gasteiger partial charge in [0.1, 0.15) is 6.04 Å². The van der Waals surface area contributed by atoms with Crippen LogP contribution in [-0.4, -0.2) is 35.8 Å². The maximum absolute atomic E-state index is 12.2. The Morgan fingerprint density at radius 1 is 1.38 bits per heavy atom. The van der Waals surface area contributed by atoms with Gasteiger partial charge in [-0.05, 0) is 24.4 Å². The van der Waals surface area contributed by atoms with Crippen LogP contribution in [0.15, 0.2) is 48.9 Å². The Morgan fingerprint density at radius 2 is 2.05 bits per heavy atom. The number of nitrogens with one attached hydrogen (secondary N) is 1. The van der Waals surface area contributed by atoms with E-state index < -0.39 is 6.04 Å². The van der Waals surface area contributed by atoms with Crippen molar-refractivity contribution >= 4 is 29.2 Å². The molecule has 0 bridgehead atoms.